The molecular formula is C12H17N4OS3+. The molecule has 2 heterocycles. The summed E-state index contributed by atoms with van der Waals surface area (Å²) in [7, 11) is 0.423. The molecule has 0 atom stereocenters. The Morgan fingerprint density at radius 2 is 2.15 bits per heavy atom. The van der Waals surface area contributed by atoms with Crippen molar-refractivity contribution in [3.63, 3.8) is 0 Å². The van der Waals surface area contributed by atoms with Gasteiger partial charge in [0, 0.05) is 23.7 Å². The number of carbonyl (C=O) groups excluding carboxylic acids is 1. The van der Waals surface area contributed by atoms with E-state index in [2.05, 4.69) is 27.8 Å². The second kappa shape index (κ2) is 7.05. The van der Waals surface area contributed by atoms with E-state index in [0.29, 0.717) is 28.3 Å². The maximum Gasteiger partial charge on any atom is 0.270 e. The van der Waals surface area contributed by atoms with E-state index in [1.807, 2.05) is 5.38 Å². The van der Waals surface area contributed by atoms with Gasteiger partial charge >= 0.3 is 0 Å². The number of nitrogen functional groups attached to an aromatic ring is 1. The van der Waals surface area contributed by atoms with Gasteiger partial charge in [-0.15, -0.1) is 22.7 Å². The van der Waals surface area contributed by atoms with Crippen molar-refractivity contribution in [1.82, 2.24) is 15.3 Å². The molecule has 0 aliphatic heterocycles. The molecule has 0 radical (unpaired) electrons. The third kappa shape index (κ3) is 4.19. The van der Waals surface area contributed by atoms with Gasteiger partial charge in [-0.3, -0.25) is 4.79 Å². The number of rotatable bonds is 6. The van der Waals surface area contributed by atoms with Crippen molar-refractivity contribution in [2.24, 2.45) is 0 Å². The molecule has 0 aliphatic carbocycles. The zero-order valence-electron chi connectivity index (χ0n) is 11.4. The molecule has 1 amide bonds. The first-order chi connectivity index (χ1) is 9.56. The van der Waals surface area contributed by atoms with Crippen LogP contribution in [0.1, 0.15) is 16.9 Å². The van der Waals surface area contributed by atoms with Crippen molar-refractivity contribution in [3.05, 3.63) is 16.5 Å². The lowest BCUT2D eigenvalue weighted by Gasteiger charge is -2.01. The van der Waals surface area contributed by atoms with E-state index in [0.717, 1.165) is 22.9 Å². The highest BCUT2D eigenvalue weighted by Crippen LogP contribution is 2.26. The number of aromatic nitrogens is 2. The van der Waals surface area contributed by atoms with Crippen LogP contribution in [0.4, 0.5) is 5.13 Å². The Bertz CT molecular complexity index is 579. The van der Waals surface area contributed by atoms with Gasteiger partial charge in [0.15, 0.2) is 5.13 Å². The van der Waals surface area contributed by atoms with Crippen molar-refractivity contribution in [2.45, 2.75) is 6.42 Å². The van der Waals surface area contributed by atoms with Crippen LogP contribution in [0.5, 0.6) is 0 Å². The van der Waals surface area contributed by atoms with Crippen LogP contribution in [0, 0.1) is 0 Å². The molecule has 0 fully saturated rings. The van der Waals surface area contributed by atoms with Crippen LogP contribution in [0.25, 0.3) is 10.7 Å². The fourth-order valence-corrected chi connectivity index (χ4v) is 3.64. The standard InChI is InChI=1S/C12H16N4OS3/c1-20(2)5-3-4-14-10(17)8-6-18-11(15-8)9-7-19-12(13)16-9/h6-7H,3-5H2,1-2H3,(H2-,13,14,16,17)/p+1. The van der Waals surface area contributed by atoms with E-state index >= 15 is 0 Å². The number of thiazole rings is 2. The van der Waals surface area contributed by atoms with Gasteiger partial charge < -0.3 is 11.1 Å². The zero-order valence-corrected chi connectivity index (χ0v) is 13.8. The Morgan fingerprint density at radius 1 is 1.35 bits per heavy atom. The molecule has 0 bridgehead atoms. The molecule has 0 spiro atoms. The number of hydrogen-bond donors (Lipinski definition) is 2. The molecule has 0 saturated carbocycles. The number of nitrogens with one attached hydrogen (secondary N) is 1. The first-order valence-electron chi connectivity index (χ1n) is 6.05. The fourth-order valence-electron chi connectivity index (χ4n) is 1.53. The predicted octanol–water partition coefficient (Wildman–Crippen LogP) is 1.85. The molecule has 3 N–H and O–H groups in total. The Labute approximate surface area is 129 Å². The molecule has 0 unspecified atom stereocenters. The number of anilines is 1. The Balaban J connectivity index is 1.90. The average molecular weight is 329 g/mol. The molecule has 0 saturated heterocycles. The average Bonchev–Trinajstić information content (AvgIpc) is 3.02. The topological polar surface area (TPSA) is 80.9 Å². The predicted molar refractivity (Wildman–Crippen MR) is 88.7 cm³/mol. The highest BCUT2D eigenvalue weighted by Gasteiger charge is 2.13. The van der Waals surface area contributed by atoms with Gasteiger partial charge in [-0.25, -0.2) is 9.97 Å². The first-order valence-corrected chi connectivity index (χ1v) is 10.0. The second-order valence-corrected chi connectivity index (χ2v) is 8.54. The van der Waals surface area contributed by atoms with Gasteiger partial charge in [0.25, 0.3) is 5.91 Å². The third-order valence-electron chi connectivity index (χ3n) is 2.49. The van der Waals surface area contributed by atoms with E-state index in [9.17, 15) is 4.79 Å². The maximum atomic E-state index is 11.9. The van der Waals surface area contributed by atoms with Crippen molar-refractivity contribution in [3.8, 4) is 10.7 Å². The summed E-state index contributed by atoms with van der Waals surface area (Å²) in [4.78, 5) is 20.4. The van der Waals surface area contributed by atoms with Crippen LogP contribution in [0.15, 0.2) is 10.8 Å². The minimum absolute atomic E-state index is 0.122. The minimum atomic E-state index is -0.122. The van der Waals surface area contributed by atoms with E-state index in [1.54, 1.807) is 5.38 Å². The fraction of sp³-hybridized carbons (Fsp3) is 0.417. The number of nitrogens with zero attached hydrogens (tertiary/aromatic N) is 2. The lowest BCUT2D eigenvalue weighted by Crippen LogP contribution is -2.26. The minimum Gasteiger partial charge on any atom is -0.375 e. The lowest BCUT2D eigenvalue weighted by molar-refractivity contribution is 0.0949. The number of hydrogen-bond acceptors (Lipinski definition) is 6. The highest BCUT2D eigenvalue weighted by molar-refractivity contribution is 7.95. The quantitative estimate of drug-likeness (QED) is 0.626. The van der Waals surface area contributed by atoms with Gasteiger partial charge in [-0.1, -0.05) is 0 Å². The number of amides is 1. The van der Waals surface area contributed by atoms with E-state index in [4.69, 9.17) is 5.73 Å². The molecule has 8 heteroatoms. The smallest absolute Gasteiger partial charge is 0.270 e. The summed E-state index contributed by atoms with van der Waals surface area (Å²) in [6.45, 7) is 0.695. The van der Waals surface area contributed by atoms with E-state index in [-0.39, 0.29) is 5.91 Å². The summed E-state index contributed by atoms with van der Waals surface area (Å²) >= 11 is 2.78. The summed E-state index contributed by atoms with van der Waals surface area (Å²) < 4.78 is 0. The highest BCUT2D eigenvalue weighted by atomic mass is 32.2. The summed E-state index contributed by atoms with van der Waals surface area (Å²) in [6, 6.07) is 0. The van der Waals surface area contributed by atoms with Crippen LogP contribution in [-0.4, -0.2) is 40.7 Å². The molecule has 5 nitrogen and oxygen atoms in total. The van der Waals surface area contributed by atoms with Gasteiger partial charge in [0.2, 0.25) is 0 Å². The summed E-state index contributed by atoms with van der Waals surface area (Å²) in [5, 5.41) is 7.73. The van der Waals surface area contributed by atoms with Gasteiger partial charge in [-0.05, 0) is 10.9 Å². The zero-order chi connectivity index (χ0) is 14.5. The Kier molecular flexibility index (Phi) is 5.38. The largest absolute Gasteiger partial charge is 0.375 e. The van der Waals surface area contributed by atoms with Crippen molar-refractivity contribution in [2.75, 3.05) is 30.5 Å². The Morgan fingerprint density at radius 3 is 2.80 bits per heavy atom. The summed E-state index contributed by atoms with van der Waals surface area (Å²) in [6.07, 6.45) is 5.41. The summed E-state index contributed by atoms with van der Waals surface area (Å²) in [5.41, 5.74) is 6.78. The SMILES string of the molecule is C[S+](C)CCCNC(=O)c1csc(-c2csc(N)n2)n1. The maximum absolute atomic E-state index is 11.9. The van der Waals surface area contributed by atoms with E-state index in [1.165, 1.54) is 22.7 Å². The monoisotopic (exact) mass is 329 g/mol. The molecule has 20 heavy (non-hydrogen) atoms. The van der Waals surface area contributed by atoms with Crippen LogP contribution in [0.3, 0.4) is 0 Å². The molecular weight excluding hydrogens is 312 g/mol. The Hall–Kier alpha value is -1.12. The van der Waals surface area contributed by atoms with Crippen LogP contribution < -0.4 is 11.1 Å². The van der Waals surface area contributed by atoms with Gasteiger partial charge in [0.1, 0.15) is 22.1 Å². The number of nitrogens with two attached hydrogens (primary N) is 1. The van der Waals surface area contributed by atoms with Crippen molar-refractivity contribution >= 4 is 44.6 Å². The third-order valence-corrected chi connectivity index (χ3v) is 5.14. The molecule has 0 aliphatic rings. The van der Waals surface area contributed by atoms with Crippen LogP contribution in [0.2, 0.25) is 0 Å². The molecule has 2 aromatic heterocycles. The molecule has 0 aromatic carbocycles. The van der Waals surface area contributed by atoms with Crippen molar-refractivity contribution < 1.29 is 4.79 Å². The van der Waals surface area contributed by atoms with Gasteiger partial charge in [0.05, 0.1) is 12.5 Å². The van der Waals surface area contributed by atoms with Crippen LogP contribution >= 0.6 is 22.7 Å². The second-order valence-electron chi connectivity index (χ2n) is 4.41. The van der Waals surface area contributed by atoms with Gasteiger partial charge in [-0.2, -0.15) is 0 Å². The lowest BCUT2D eigenvalue weighted by atomic mass is 10.4. The van der Waals surface area contributed by atoms with Crippen molar-refractivity contribution in [1.29, 1.82) is 0 Å². The first kappa shape index (κ1) is 15.3. The molecule has 2 rings (SSSR count). The van der Waals surface area contributed by atoms with E-state index < -0.39 is 0 Å². The normalized spacial score (nSPS) is 10.9. The summed E-state index contributed by atoms with van der Waals surface area (Å²) in [5.74, 6) is 1.02. The molecule has 108 valence electrons. The molecule has 2 aromatic rings. The van der Waals surface area contributed by atoms with Crippen LogP contribution in [-0.2, 0) is 10.9 Å². The number of carbonyl (C=O) groups is 1.